The molecule has 1 aromatic heterocycles. The number of piperazine rings is 1. The fraction of sp³-hybridized carbons (Fsp3) is 0.562. The average molecular weight is 592 g/mol. The fourth-order valence-electron chi connectivity index (χ4n) is 7.35. The van der Waals surface area contributed by atoms with Crippen molar-refractivity contribution < 1.29 is 18.3 Å². The highest BCUT2D eigenvalue weighted by atomic mass is 19.2. The molecule has 0 spiro atoms. The summed E-state index contributed by atoms with van der Waals surface area (Å²) in [4.78, 5) is 34.2. The minimum Gasteiger partial charge on any atom is -0.461 e. The Bertz CT molecular complexity index is 1400. The molecule has 2 aromatic rings. The van der Waals surface area contributed by atoms with Crippen LogP contribution in [0.25, 0.3) is 4.85 Å². The molecule has 3 aliphatic heterocycles. The third-order valence-corrected chi connectivity index (χ3v) is 9.62. The van der Waals surface area contributed by atoms with Crippen molar-refractivity contribution in [3.8, 4) is 6.01 Å². The minimum atomic E-state index is -0.878. The number of likely N-dealkylation sites (tertiary alicyclic amines) is 1. The molecule has 2 saturated heterocycles. The fourth-order valence-corrected chi connectivity index (χ4v) is 7.35. The van der Waals surface area contributed by atoms with Gasteiger partial charge in [-0.15, -0.1) is 0 Å². The Morgan fingerprint density at radius 1 is 1.09 bits per heavy atom. The number of carbonyl (C=O) groups is 1. The lowest BCUT2D eigenvalue weighted by Gasteiger charge is -2.41. The second-order valence-electron chi connectivity index (χ2n) is 12.1. The molecular formula is C32H39F2N7O2. The summed E-state index contributed by atoms with van der Waals surface area (Å²) < 4.78 is 35.4. The van der Waals surface area contributed by atoms with Gasteiger partial charge in [-0.25, -0.2) is 15.4 Å². The van der Waals surface area contributed by atoms with Gasteiger partial charge in [0.2, 0.25) is 12.5 Å². The number of hydrogen-bond acceptors (Lipinski definition) is 7. The van der Waals surface area contributed by atoms with Gasteiger partial charge in [-0.3, -0.25) is 9.69 Å². The first-order valence-corrected chi connectivity index (χ1v) is 15.4. The molecule has 6 rings (SSSR count). The number of anilines is 2. The zero-order chi connectivity index (χ0) is 30.0. The highest BCUT2D eigenvalue weighted by molar-refractivity contribution is 5.87. The molecule has 0 unspecified atom stereocenters. The largest absolute Gasteiger partial charge is 0.461 e. The van der Waals surface area contributed by atoms with E-state index in [-0.39, 0.29) is 35.7 Å². The molecule has 9 nitrogen and oxygen atoms in total. The Morgan fingerprint density at radius 2 is 1.88 bits per heavy atom. The lowest BCUT2D eigenvalue weighted by atomic mass is 9.96. The normalized spacial score (nSPS) is 21.9. The number of hydrogen-bond donors (Lipinski definition) is 0. The molecule has 1 amide bonds. The number of amides is 1. The van der Waals surface area contributed by atoms with E-state index in [4.69, 9.17) is 21.3 Å². The maximum Gasteiger partial charge on any atom is 0.318 e. The summed E-state index contributed by atoms with van der Waals surface area (Å²) in [6, 6.07) is 4.22. The van der Waals surface area contributed by atoms with Crippen LogP contribution in [0.1, 0.15) is 49.8 Å². The van der Waals surface area contributed by atoms with Crippen molar-refractivity contribution in [1.29, 1.82) is 0 Å². The molecular weight excluding hydrogens is 552 g/mol. The standard InChI is InChI=1S/C32H39F2N7O2/c1-3-28(42)41-18-17-39(20-23(41)19-35-2)30-24-11-16-38(27-10-8-9-25(33)29(27)34)21-26(24)36-31(37-30)43-22-32(12-4-5-13-32)40-14-6-7-15-40/h3,8-10,23H,1,4-7,11-22H2/t23-/m0/s1. The van der Waals surface area contributed by atoms with Crippen LogP contribution in [-0.2, 0) is 17.8 Å². The quantitative estimate of drug-likeness (QED) is 0.336. The summed E-state index contributed by atoms with van der Waals surface area (Å²) in [5, 5.41) is 0. The molecule has 4 heterocycles. The number of benzene rings is 1. The van der Waals surface area contributed by atoms with Crippen LogP contribution >= 0.6 is 0 Å². The van der Waals surface area contributed by atoms with Crippen LogP contribution in [0.3, 0.4) is 0 Å². The van der Waals surface area contributed by atoms with E-state index >= 15 is 0 Å². The smallest absolute Gasteiger partial charge is 0.318 e. The summed E-state index contributed by atoms with van der Waals surface area (Å²) >= 11 is 0. The number of nitrogens with zero attached hydrogens (tertiary/aromatic N) is 7. The molecule has 1 aromatic carbocycles. The van der Waals surface area contributed by atoms with Crippen LogP contribution in [0.2, 0.25) is 0 Å². The topological polar surface area (TPSA) is 69.4 Å². The van der Waals surface area contributed by atoms with E-state index in [1.54, 1.807) is 11.0 Å². The van der Waals surface area contributed by atoms with Gasteiger partial charge in [0.1, 0.15) is 18.5 Å². The van der Waals surface area contributed by atoms with E-state index < -0.39 is 11.6 Å². The number of fused-ring (bicyclic) bond motifs is 1. The number of rotatable bonds is 8. The van der Waals surface area contributed by atoms with Crippen molar-refractivity contribution >= 4 is 17.4 Å². The van der Waals surface area contributed by atoms with Crippen LogP contribution in [0.5, 0.6) is 6.01 Å². The first-order chi connectivity index (χ1) is 20.9. The Kier molecular flexibility index (Phi) is 8.48. The van der Waals surface area contributed by atoms with Gasteiger partial charge in [0.15, 0.2) is 11.6 Å². The molecule has 11 heteroatoms. The maximum atomic E-state index is 14.8. The van der Waals surface area contributed by atoms with Crippen LogP contribution in [0, 0.1) is 18.2 Å². The first-order valence-electron chi connectivity index (χ1n) is 15.4. The lowest BCUT2D eigenvalue weighted by molar-refractivity contribution is -0.128. The maximum absolute atomic E-state index is 14.8. The second-order valence-corrected chi connectivity index (χ2v) is 12.1. The van der Waals surface area contributed by atoms with Crippen LogP contribution in [0.4, 0.5) is 20.3 Å². The summed E-state index contributed by atoms with van der Waals surface area (Å²) in [6.45, 7) is 16.2. The van der Waals surface area contributed by atoms with E-state index in [0.717, 1.165) is 49.1 Å². The van der Waals surface area contributed by atoms with Crippen LogP contribution in [-0.4, -0.2) is 89.7 Å². The average Bonchev–Trinajstić information content (AvgIpc) is 3.74. The Hall–Kier alpha value is -3.78. The molecule has 1 aliphatic carbocycles. The summed E-state index contributed by atoms with van der Waals surface area (Å²) in [5.41, 5.74) is 1.87. The van der Waals surface area contributed by atoms with Gasteiger partial charge in [0.25, 0.3) is 0 Å². The summed E-state index contributed by atoms with van der Waals surface area (Å²) in [6.07, 6.45) is 8.80. The van der Waals surface area contributed by atoms with E-state index in [1.807, 2.05) is 4.90 Å². The SMILES string of the molecule is [C-]#[N+]C[C@H]1CN(c2nc(OCC3(N4CCCC4)CCCC3)nc3c2CCN(c2cccc(F)c2F)C3)CCN1C(=O)C=C. The zero-order valence-electron chi connectivity index (χ0n) is 24.6. The third-order valence-electron chi connectivity index (χ3n) is 9.62. The molecule has 0 N–H and O–H groups in total. The van der Waals surface area contributed by atoms with Gasteiger partial charge in [0.05, 0.1) is 23.5 Å². The van der Waals surface area contributed by atoms with Gasteiger partial charge in [0, 0.05) is 31.7 Å². The number of carbonyl (C=O) groups excluding carboxylic acids is 1. The first kappa shape index (κ1) is 29.3. The highest BCUT2D eigenvalue weighted by Crippen LogP contribution is 2.39. The number of halogens is 2. The van der Waals surface area contributed by atoms with Crippen molar-refractivity contribution in [3.63, 3.8) is 0 Å². The van der Waals surface area contributed by atoms with Gasteiger partial charge >= 0.3 is 6.01 Å². The van der Waals surface area contributed by atoms with Gasteiger partial charge in [-0.2, -0.15) is 9.97 Å². The lowest BCUT2D eigenvalue weighted by Crippen LogP contribution is -2.56. The van der Waals surface area contributed by atoms with Crippen molar-refractivity contribution in [2.45, 2.75) is 63.1 Å². The van der Waals surface area contributed by atoms with Crippen LogP contribution < -0.4 is 14.5 Å². The van der Waals surface area contributed by atoms with Crippen molar-refractivity contribution in [3.05, 3.63) is 65.2 Å². The summed E-state index contributed by atoms with van der Waals surface area (Å²) in [5.74, 6) is -1.19. The Balaban J connectivity index is 1.32. The minimum absolute atomic E-state index is 0.00986. The highest BCUT2D eigenvalue weighted by Gasteiger charge is 2.42. The second kappa shape index (κ2) is 12.4. The monoisotopic (exact) mass is 591 g/mol. The van der Waals surface area contributed by atoms with E-state index in [0.29, 0.717) is 45.8 Å². The van der Waals surface area contributed by atoms with Gasteiger partial charge in [-0.1, -0.05) is 25.5 Å². The van der Waals surface area contributed by atoms with Crippen molar-refractivity contribution in [2.75, 3.05) is 62.2 Å². The predicted octanol–water partition coefficient (Wildman–Crippen LogP) is 4.23. The number of aromatic nitrogens is 2. The van der Waals surface area contributed by atoms with Gasteiger partial charge < -0.3 is 24.3 Å². The van der Waals surface area contributed by atoms with Crippen molar-refractivity contribution in [2.24, 2.45) is 0 Å². The Labute approximate surface area is 251 Å². The molecule has 0 radical (unpaired) electrons. The van der Waals surface area contributed by atoms with Crippen molar-refractivity contribution in [1.82, 2.24) is 19.8 Å². The predicted molar refractivity (Wildman–Crippen MR) is 160 cm³/mol. The molecule has 43 heavy (non-hydrogen) atoms. The van der Waals surface area contributed by atoms with Gasteiger partial charge in [-0.05, 0) is 63.4 Å². The Morgan fingerprint density at radius 3 is 2.63 bits per heavy atom. The number of ether oxygens (including phenoxy) is 1. The third kappa shape index (κ3) is 5.77. The molecule has 3 fully saturated rings. The van der Waals surface area contributed by atoms with E-state index in [1.165, 1.54) is 37.8 Å². The molecule has 1 saturated carbocycles. The molecule has 1 atom stereocenters. The van der Waals surface area contributed by atoms with Crippen LogP contribution in [0.15, 0.2) is 30.9 Å². The van der Waals surface area contributed by atoms with E-state index in [9.17, 15) is 13.6 Å². The molecule has 4 aliphatic rings. The zero-order valence-corrected chi connectivity index (χ0v) is 24.6. The molecule has 0 bridgehead atoms. The summed E-state index contributed by atoms with van der Waals surface area (Å²) in [7, 11) is 0. The molecule has 228 valence electrons. The van der Waals surface area contributed by atoms with E-state index in [2.05, 4.69) is 21.2 Å².